The van der Waals surface area contributed by atoms with Crippen LogP contribution in [0.1, 0.15) is 297 Å². The molecule has 0 bridgehead atoms. The van der Waals surface area contributed by atoms with Gasteiger partial charge >= 0.3 is 5.97 Å². The van der Waals surface area contributed by atoms with Gasteiger partial charge in [-0.05, 0) is 38.5 Å². The normalized spacial score (nSPS) is 27.6. The first-order valence-corrected chi connectivity index (χ1v) is 38.0. The fourth-order valence-corrected chi connectivity index (χ4v) is 13.4. The Morgan fingerprint density at radius 1 is 0.531 bits per heavy atom. The molecule has 0 radical (unpaired) electrons. The number of aliphatic hydroxyl groups is 11. The molecule has 0 aromatic carbocycles. The molecular weight excluding hydrogens is 1240 g/mol. The first kappa shape index (κ1) is 87.7. The molecule has 0 aromatic rings. The number of rotatable bonds is 59. The van der Waals surface area contributed by atoms with Gasteiger partial charge in [-0.1, -0.05) is 251 Å². The van der Waals surface area contributed by atoms with Crippen LogP contribution in [0.4, 0.5) is 0 Å². The van der Waals surface area contributed by atoms with Gasteiger partial charge in [0.05, 0.1) is 50.7 Å². The Morgan fingerprint density at radius 3 is 1.41 bits per heavy atom. The Hall–Kier alpha value is -2.53. The number of ether oxygens (including phenoxy) is 6. The van der Waals surface area contributed by atoms with Gasteiger partial charge in [0.2, 0.25) is 11.8 Å². The first-order chi connectivity index (χ1) is 46.4. The van der Waals surface area contributed by atoms with Crippen LogP contribution in [-0.4, -0.2) is 215 Å². The maximum absolute atomic E-state index is 13.5. The van der Waals surface area contributed by atoms with E-state index >= 15 is 0 Å². The number of nitrogens with one attached hydrogen (secondary N) is 2. The average molecular weight is 1380 g/mol. The number of hydrogen-bond donors (Lipinski definition) is 14. The third kappa shape index (κ3) is 34.4. The Labute approximate surface area is 575 Å². The highest BCUT2D eigenvalue weighted by atomic mass is 16.8. The fraction of sp³-hybridized carbons (Fsp3) is 0.932. The van der Waals surface area contributed by atoms with E-state index < -0.39 is 148 Å². The largest absolute Gasteiger partial charge is 0.477 e. The van der Waals surface area contributed by atoms with Crippen LogP contribution in [0.25, 0.3) is 0 Å². The maximum Gasteiger partial charge on any atom is 0.364 e. The van der Waals surface area contributed by atoms with Crippen LogP contribution >= 0.6 is 0 Å². The van der Waals surface area contributed by atoms with E-state index in [-0.39, 0.29) is 18.9 Å². The predicted molar refractivity (Wildman–Crippen MR) is 366 cm³/mol. The van der Waals surface area contributed by atoms with Gasteiger partial charge in [0.1, 0.15) is 67.1 Å². The molecule has 0 aliphatic carbocycles. The molecule has 3 saturated heterocycles. The van der Waals surface area contributed by atoms with E-state index in [4.69, 9.17) is 28.4 Å². The zero-order valence-electron chi connectivity index (χ0n) is 59.2. The van der Waals surface area contributed by atoms with Crippen LogP contribution in [0.5, 0.6) is 0 Å². The molecule has 2 amide bonds. The molecule has 0 saturated carbocycles. The van der Waals surface area contributed by atoms with Crippen molar-refractivity contribution in [2.24, 2.45) is 0 Å². The minimum Gasteiger partial charge on any atom is -0.477 e. The predicted octanol–water partition coefficient (Wildman–Crippen LogP) is 8.63. The molecule has 3 rings (SSSR count). The number of carboxylic acids is 1. The molecule has 3 heterocycles. The van der Waals surface area contributed by atoms with Crippen molar-refractivity contribution < 1.29 is 104 Å². The molecule has 3 aliphatic heterocycles. The molecule has 0 spiro atoms. The Balaban J connectivity index is 1.47. The molecule has 564 valence electrons. The van der Waals surface area contributed by atoms with Crippen molar-refractivity contribution in [3.05, 3.63) is 12.2 Å². The van der Waals surface area contributed by atoms with Crippen LogP contribution in [-0.2, 0) is 42.8 Å². The minimum atomic E-state index is -3.08. The monoisotopic (exact) mass is 1380 g/mol. The number of amides is 2. The van der Waals surface area contributed by atoms with E-state index in [9.17, 15) is 75.7 Å². The summed E-state index contributed by atoms with van der Waals surface area (Å²) in [5.41, 5.74) is 0. The maximum atomic E-state index is 13.5. The summed E-state index contributed by atoms with van der Waals surface area (Å²) in [6, 6.07) is -2.53. The lowest BCUT2D eigenvalue weighted by atomic mass is 9.88. The molecule has 14 N–H and O–H groups in total. The van der Waals surface area contributed by atoms with Gasteiger partial charge in [0, 0.05) is 19.8 Å². The van der Waals surface area contributed by atoms with Crippen LogP contribution < -0.4 is 10.6 Å². The number of carbonyl (C=O) groups excluding carboxylic acids is 2. The van der Waals surface area contributed by atoms with Gasteiger partial charge in [-0.2, -0.15) is 0 Å². The van der Waals surface area contributed by atoms with Crippen LogP contribution in [0.15, 0.2) is 12.2 Å². The minimum absolute atomic E-state index is 0.226. The van der Waals surface area contributed by atoms with Gasteiger partial charge in [-0.15, -0.1) is 0 Å². The van der Waals surface area contributed by atoms with Crippen LogP contribution in [0.2, 0.25) is 0 Å². The fourth-order valence-electron chi connectivity index (χ4n) is 13.4. The van der Waals surface area contributed by atoms with Gasteiger partial charge < -0.3 is 100 Å². The van der Waals surface area contributed by atoms with Crippen LogP contribution in [0.3, 0.4) is 0 Å². The number of hydrogen-bond acceptors (Lipinski definition) is 20. The standard InChI is InChI=1S/C73H136N2O21/c1-4-6-8-10-12-14-16-18-19-20-21-22-23-24-25-26-27-28-29-30-31-32-33-34-35-37-39-41-43-45-47-60(83)75-54(55(80)46-44-42-40-38-36-17-15-13-11-9-7-5-2)52-91-70-65(87)64(86)67(59(51-78)93-70)94-71-66(88)69(63(85)58(50-77)92-71)96-73(72(89)90)48-56(81)61(74-53(3)79)68(95-73)62(84)57(82)49-76/h24-25,54-59,61-71,76-78,80-82,84-88H,4-23,26-52H2,1-3H3,(H,74,79)(H,75,83)(H,89,90)/b25-24-. The molecule has 23 heteroatoms. The summed E-state index contributed by atoms with van der Waals surface area (Å²) in [4.78, 5) is 38.6. The summed E-state index contributed by atoms with van der Waals surface area (Å²) in [6.45, 7) is 2.22. The third-order valence-electron chi connectivity index (χ3n) is 19.5. The topological polar surface area (TPSA) is 373 Å². The number of aliphatic carboxylic acids is 1. The zero-order valence-corrected chi connectivity index (χ0v) is 59.2. The number of carbonyl (C=O) groups is 3. The summed E-state index contributed by atoms with van der Waals surface area (Å²) in [6.07, 6.45) is 25.2. The zero-order chi connectivity index (χ0) is 70.4. The highest BCUT2D eigenvalue weighted by molar-refractivity contribution is 5.77. The molecule has 96 heavy (non-hydrogen) atoms. The second kappa shape index (κ2) is 53.3. The molecular formula is C73H136N2O21. The van der Waals surface area contributed by atoms with Gasteiger partial charge in [-0.3, -0.25) is 9.59 Å². The number of aliphatic hydroxyl groups excluding tert-OH is 11. The van der Waals surface area contributed by atoms with Crippen LogP contribution in [0, 0.1) is 0 Å². The highest BCUT2D eigenvalue weighted by Crippen LogP contribution is 2.39. The highest BCUT2D eigenvalue weighted by Gasteiger charge is 2.60. The first-order valence-electron chi connectivity index (χ1n) is 38.0. The summed E-state index contributed by atoms with van der Waals surface area (Å²) in [7, 11) is 0. The molecule has 23 nitrogen and oxygen atoms in total. The Kier molecular flexibility index (Phi) is 48.7. The van der Waals surface area contributed by atoms with Crippen molar-refractivity contribution in [1.82, 2.24) is 10.6 Å². The lowest BCUT2D eigenvalue weighted by Gasteiger charge is -2.50. The number of unbranched alkanes of at least 4 members (excludes halogenated alkanes) is 37. The third-order valence-corrected chi connectivity index (χ3v) is 19.5. The number of carboxylic acid groups (broad SMARTS) is 1. The van der Waals surface area contributed by atoms with Crippen molar-refractivity contribution >= 4 is 17.8 Å². The van der Waals surface area contributed by atoms with Gasteiger partial charge in [0.25, 0.3) is 5.79 Å². The summed E-state index contributed by atoms with van der Waals surface area (Å²) >= 11 is 0. The average Bonchev–Trinajstić information content (AvgIpc) is 0.762. The second-order valence-corrected chi connectivity index (χ2v) is 27.9. The quantitative estimate of drug-likeness (QED) is 0.0200. The van der Waals surface area contributed by atoms with Crippen molar-refractivity contribution in [2.45, 2.75) is 407 Å². The lowest BCUT2D eigenvalue weighted by Crippen LogP contribution is -2.70. The second-order valence-electron chi connectivity index (χ2n) is 27.9. The smallest absolute Gasteiger partial charge is 0.364 e. The Morgan fingerprint density at radius 2 is 0.969 bits per heavy atom. The summed E-state index contributed by atoms with van der Waals surface area (Å²) in [5.74, 6) is -6.10. The van der Waals surface area contributed by atoms with Crippen molar-refractivity contribution in [3.8, 4) is 0 Å². The Bertz CT molecular complexity index is 1980. The van der Waals surface area contributed by atoms with Crippen molar-refractivity contribution in [1.29, 1.82) is 0 Å². The number of allylic oxidation sites excluding steroid dienone is 2. The molecule has 18 atom stereocenters. The van der Waals surface area contributed by atoms with E-state index in [0.717, 1.165) is 58.3 Å². The summed E-state index contributed by atoms with van der Waals surface area (Å²) < 4.78 is 34.9. The molecule has 18 unspecified atom stereocenters. The molecule has 0 aromatic heterocycles. The SMILES string of the molecule is CCCCCCCCCCCCCC/C=C\CCCCCCCCCCCCCCCCC(=O)NC(COC1OC(CO)C(OC2OC(CO)C(O)C(OC3(C(=O)O)CC(O)C(NC(C)=O)C(C(O)C(O)CO)O3)C2O)C(O)C1O)C(O)CCCCCCCCCCCCCC. The van der Waals surface area contributed by atoms with Crippen molar-refractivity contribution in [3.63, 3.8) is 0 Å². The molecule has 3 fully saturated rings. The van der Waals surface area contributed by atoms with E-state index in [1.807, 2.05) is 0 Å². The van der Waals surface area contributed by atoms with Crippen molar-refractivity contribution in [2.75, 3.05) is 26.4 Å². The van der Waals surface area contributed by atoms with E-state index in [2.05, 4.69) is 36.6 Å². The molecule has 3 aliphatic rings. The van der Waals surface area contributed by atoms with Gasteiger partial charge in [0.15, 0.2) is 12.6 Å². The van der Waals surface area contributed by atoms with Gasteiger partial charge in [-0.25, -0.2) is 4.79 Å². The van der Waals surface area contributed by atoms with E-state index in [1.54, 1.807) is 0 Å². The summed E-state index contributed by atoms with van der Waals surface area (Å²) in [5, 5.41) is 136. The lowest BCUT2D eigenvalue weighted by molar-refractivity contribution is -0.386. The van der Waals surface area contributed by atoms with E-state index in [1.165, 1.54) is 193 Å². The van der Waals surface area contributed by atoms with E-state index in [0.29, 0.717) is 19.3 Å².